The van der Waals surface area contributed by atoms with Crippen LogP contribution in [0.25, 0.3) is 22.1 Å². The van der Waals surface area contributed by atoms with Crippen LogP contribution >= 0.6 is 0 Å². The van der Waals surface area contributed by atoms with Crippen LogP contribution in [0, 0.1) is 0 Å². The highest BCUT2D eigenvalue weighted by Crippen LogP contribution is 2.35. The molecular formula is C18H14O4. The first-order valence-electron chi connectivity index (χ1n) is 6.83. The van der Waals surface area contributed by atoms with E-state index < -0.39 is 5.97 Å². The monoisotopic (exact) mass is 294 g/mol. The van der Waals surface area contributed by atoms with E-state index in [4.69, 9.17) is 4.42 Å². The number of para-hydroxylation sites is 1. The summed E-state index contributed by atoms with van der Waals surface area (Å²) in [7, 11) is 1.34. The standard InChI is InChI=1S/C18H14O4/c1-11(19)17-16(14-5-3-4-6-15(14)22-17)12-7-9-13(10-8-12)18(20)21-2/h3-10H,1-2H3. The van der Waals surface area contributed by atoms with Crippen LogP contribution in [-0.4, -0.2) is 18.9 Å². The minimum Gasteiger partial charge on any atom is -0.465 e. The Morgan fingerprint density at radius 1 is 1.00 bits per heavy atom. The van der Waals surface area contributed by atoms with Gasteiger partial charge in [-0.1, -0.05) is 30.3 Å². The van der Waals surface area contributed by atoms with Crippen LogP contribution in [0.4, 0.5) is 0 Å². The Bertz CT molecular complexity index is 856. The second-order valence-electron chi connectivity index (χ2n) is 4.93. The lowest BCUT2D eigenvalue weighted by Crippen LogP contribution is -2.00. The molecule has 4 heteroatoms. The number of methoxy groups -OCH3 is 1. The number of hydrogen-bond acceptors (Lipinski definition) is 4. The Kier molecular flexibility index (Phi) is 3.51. The van der Waals surface area contributed by atoms with E-state index in [2.05, 4.69) is 4.74 Å². The lowest BCUT2D eigenvalue weighted by Gasteiger charge is -2.03. The van der Waals surface area contributed by atoms with Crippen molar-refractivity contribution < 1.29 is 18.7 Å². The van der Waals surface area contributed by atoms with Gasteiger partial charge >= 0.3 is 5.97 Å². The maximum absolute atomic E-state index is 11.9. The van der Waals surface area contributed by atoms with Crippen molar-refractivity contribution in [1.29, 1.82) is 0 Å². The van der Waals surface area contributed by atoms with Gasteiger partial charge < -0.3 is 9.15 Å². The predicted octanol–water partition coefficient (Wildman–Crippen LogP) is 4.09. The van der Waals surface area contributed by atoms with Crippen molar-refractivity contribution in [3.63, 3.8) is 0 Å². The summed E-state index contributed by atoms with van der Waals surface area (Å²) in [6.45, 7) is 1.48. The Balaban J connectivity index is 2.18. The van der Waals surface area contributed by atoms with Gasteiger partial charge in [-0.3, -0.25) is 4.79 Å². The smallest absolute Gasteiger partial charge is 0.337 e. The summed E-state index contributed by atoms with van der Waals surface area (Å²) in [5, 5.41) is 0.874. The molecule has 0 unspecified atom stereocenters. The fourth-order valence-electron chi connectivity index (χ4n) is 2.47. The summed E-state index contributed by atoms with van der Waals surface area (Å²) in [5.74, 6) is -0.203. The van der Waals surface area contributed by atoms with Gasteiger partial charge in [0.05, 0.1) is 12.7 Å². The number of rotatable bonds is 3. The molecule has 22 heavy (non-hydrogen) atoms. The molecule has 0 amide bonds. The fourth-order valence-corrected chi connectivity index (χ4v) is 2.47. The lowest BCUT2D eigenvalue weighted by molar-refractivity contribution is 0.0600. The highest BCUT2D eigenvalue weighted by Gasteiger charge is 2.19. The third kappa shape index (κ3) is 2.29. The Morgan fingerprint density at radius 3 is 2.32 bits per heavy atom. The maximum atomic E-state index is 11.9. The van der Waals surface area contributed by atoms with Gasteiger partial charge in [0.1, 0.15) is 5.58 Å². The van der Waals surface area contributed by atoms with Crippen LogP contribution in [0.5, 0.6) is 0 Å². The normalized spacial score (nSPS) is 10.6. The van der Waals surface area contributed by atoms with Gasteiger partial charge in [0.25, 0.3) is 0 Å². The van der Waals surface area contributed by atoms with E-state index in [1.807, 2.05) is 24.3 Å². The van der Waals surface area contributed by atoms with E-state index in [0.29, 0.717) is 16.9 Å². The van der Waals surface area contributed by atoms with Crippen molar-refractivity contribution in [1.82, 2.24) is 0 Å². The van der Waals surface area contributed by atoms with Crippen LogP contribution < -0.4 is 0 Å². The van der Waals surface area contributed by atoms with Crippen molar-refractivity contribution >= 4 is 22.7 Å². The van der Waals surface area contributed by atoms with Gasteiger partial charge in [-0.05, 0) is 23.8 Å². The molecule has 0 aliphatic carbocycles. The number of benzene rings is 2. The molecule has 0 aliphatic heterocycles. The van der Waals surface area contributed by atoms with E-state index >= 15 is 0 Å². The quantitative estimate of drug-likeness (QED) is 0.539. The molecule has 0 spiro atoms. The first-order chi connectivity index (χ1) is 10.6. The zero-order valence-electron chi connectivity index (χ0n) is 12.3. The van der Waals surface area contributed by atoms with Gasteiger partial charge in [0.15, 0.2) is 11.5 Å². The Morgan fingerprint density at radius 2 is 1.68 bits per heavy atom. The molecular weight excluding hydrogens is 280 g/mol. The first kappa shape index (κ1) is 14.1. The van der Waals surface area contributed by atoms with Crippen LogP contribution in [-0.2, 0) is 4.74 Å². The molecule has 3 rings (SSSR count). The number of ketones is 1. The molecule has 0 aliphatic rings. The number of Topliss-reactive ketones (excluding diaryl/α,β-unsaturated/α-hetero) is 1. The topological polar surface area (TPSA) is 56.5 Å². The molecule has 0 radical (unpaired) electrons. The SMILES string of the molecule is COC(=O)c1ccc(-c2c(C(C)=O)oc3ccccc23)cc1. The minimum absolute atomic E-state index is 0.136. The number of furan rings is 1. The second kappa shape index (κ2) is 5.48. The molecule has 2 aromatic carbocycles. The molecule has 1 heterocycles. The number of carbonyl (C=O) groups is 2. The summed E-state index contributed by atoms with van der Waals surface area (Å²) in [5.41, 5.74) is 2.70. The molecule has 1 aromatic heterocycles. The molecule has 0 saturated carbocycles. The van der Waals surface area contributed by atoms with E-state index in [-0.39, 0.29) is 5.78 Å². The van der Waals surface area contributed by atoms with Gasteiger partial charge in [0, 0.05) is 17.9 Å². The summed E-state index contributed by atoms with van der Waals surface area (Å²) in [6.07, 6.45) is 0. The van der Waals surface area contributed by atoms with Crippen molar-refractivity contribution in [3.05, 3.63) is 59.9 Å². The van der Waals surface area contributed by atoms with Crippen molar-refractivity contribution in [3.8, 4) is 11.1 Å². The number of esters is 1. The third-order valence-electron chi connectivity index (χ3n) is 3.51. The first-order valence-corrected chi connectivity index (χ1v) is 6.83. The minimum atomic E-state index is -0.393. The molecule has 0 fully saturated rings. The van der Waals surface area contributed by atoms with Crippen LogP contribution in [0.15, 0.2) is 52.9 Å². The van der Waals surface area contributed by atoms with E-state index in [9.17, 15) is 9.59 Å². The van der Waals surface area contributed by atoms with E-state index in [1.54, 1.807) is 24.3 Å². The van der Waals surface area contributed by atoms with Crippen molar-refractivity contribution in [2.45, 2.75) is 6.92 Å². The van der Waals surface area contributed by atoms with Crippen LogP contribution in [0.3, 0.4) is 0 Å². The summed E-state index contributed by atoms with van der Waals surface area (Å²) in [6, 6.07) is 14.4. The average Bonchev–Trinajstić information content (AvgIpc) is 2.94. The molecule has 0 saturated heterocycles. The van der Waals surface area contributed by atoms with Crippen LogP contribution in [0.1, 0.15) is 27.8 Å². The van der Waals surface area contributed by atoms with E-state index in [0.717, 1.165) is 16.5 Å². The third-order valence-corrected chi connectivity index (χ3v) is 3.51. The summed E-state index contributed by atoms with van der Waals surface area (Å²) >= 11 is 0. The van der Waals surface area contributed by atoms with Crippen molar-refractivity contribution in [2.24, 2.45) is 0 Å². The zero-order chi connectivity index (χ0) is 15.7. The van der Waals surface area contributed by atoms with Gasteiger partial charge in [-0.2, -0.15) is 0 Å². The lowest BCUT2D eigenvalue weighted by atomic mass is 9.99. The molecule has 3 aromatic rings. The molecule has 0 N–H and O–H groups in total. The average molecular weight is 294 g/mol. The number of carbonyl (C=O) groups excluding carboxylic acids is 2. The Hall–Kier alpha value is -2.88. The number of ether oxygens (including phenoxy) is 1. The van der Waals surface area contributed by atoms with Crippen molar-refractivity contribution in [2.75, 3.05) is 7.11 Å². The fraction of sp³-hybridized carbons (Fsp3) is 0.111. The molecule has 4 nitrogen and oxygen atoms in total. The maximum Gasteiger partial charge on any atom is 0.337 e. The molecule has 0 bridgehead atoms. The highest BCUT2D eigenvalue weighted by molar-refractivity contribution is 6.08. The van der Waals surface area contributed by atoms with Crippen LogP contribution in [0.2, 0.25) is 0 Å². The number of fused-ring (bicyclic) bond motifs is 1. The van der Waals surface area contributed by atoms with E-state index in [1.165, 1.54) is 14.0 Å². The summed E-state index contributed by atoms with van der Waals surface area (Å²) < 4.78 is 10.4. The summed E-state index contributed by atoms with van der Waals surface area (Å²) in [4.78, 5) is 23.4. The van der Waals surface area contributed by atoms with Gasteiger partial charge in [-0.25, -0.2) is 4.79 Å². The highest BCUT2D eigenvalue weighted by atomic mass is 16.5. The predicted molar refractivity (Wildman–Crippen MR) is 83.0 cm³/mol. The number of hydrogen-bond donors (Lipinski definition) is 0. The zero-order valence-corrected chi connectivity index (χ0v) is 12.3. The molecule has 110 valence electrons. The van der Waals surface area contributed by atoms with Gasteiger partial charge in [0.2, 0.25) is 0 Å². The Labute approximate surface area is 127 Å². The van der Waals surface area contributed by atoms with Gasteiger partial charge in [-0.15, -0.1) is 0 Å². The second-order valence-corrected chi connectivity index (χ2v) is 4.93. The molecule has 0 atom stereocenters. The largest absolute Gasteiger partial charge is 0.465 e.